The maximum absolute atomic E-state index is 11.0. The van der Waals surface area contributed by atoms with Crippen LogP contribution in [-0.2, 0) is 4.79 Å². The molecule has 3 heteroatoms. The number of fused-ring (bicyclic) bond motifs is 1. The van der Waals surface area contributed by atoms with Gasteiger partial charge in [-0.05, 0) is 29.5 Å². The van der Waals surface area contributed by atoms with E-state index in [1.165, 1.54) is 5.57 Å². The SMILES string of the molecule is O=C(Cl)C1SCC2CC=CC=C21. The zero-order chi connectivity index (χ0) is 8.55. The highest BCUT2D eigenvalue weighted by atomic mass is 35.5. The van der Waals surface area contributed by atoms with Crippen molar-refractivity contribution in [1.29, 1.82) is 0 Å². The predicted molar refractivity (Wildman–Crippen MR) is 52.4 cm³/mol. The van der Waals surface area contributed by atoms with Crippen molar-refractivity contribution in [2.45, 2.75) is 11.7 Å². The van der Waals surface area contributed by atoms with Crippen LogP contribution in [0.5, 0.6) is 0 Å². The summed E-state index contributed by atoms with van der Waals surface area (Å²) in [5, 5.41) is -0.286. The molecule has 1 nitrogen and oxygen atoms in total. The molecule has 0 radical (unpaired) electrons. The van der Waals surface area contributed by atoms with Gasteiger partial charge in [0.25, 0.3) is 0 Å². The van der Waals surface area contributed by atoms with Crippen molar-refractivity contribution in [3.05, 3.63) is 23.8 Å². The summed E-state index contributed by atoms with van der Waals surface area (Å²) in [5.41, 5.74) is 1.22. The Hall–Kier alpha value is -0.210. The van der Waals surface area contributed by atoms with E-state index in [0.29, 0.717) is 5.92 Å². The summed E-state index contributed by atoms with van der Waals surface area (Å²) in [4.78, 5) is 11.0. The Morgan fingerprint density at radius 3 is 3.25 bits per heavy atom. The lowest BCUT2D eigenvalue weighted by molar-refractivity contribution is -0.110. The van der Waals surface area contributed by atoms with Crippen LogP contribution in [-0.4, -0.2) is 16.2 Å². The maximum Gasteiger partial charge on any atom is 0.238 e. The highest BCUT2D eigenvalue weighted by molar-refractivity contribution is 8.01. The largest absolute Gasteiger partial charge is 0.280 e. The lowest BCUT2D eigenvalue weighted by Gasteiger charge is -2.13. The second kappa shape index (κ2) is 3.27. The zero-order valence-electron chi connectivity index (χ0n) is 6.50. The molecular weight excluding hydrogens is 192 g/mol. The summed E-state index contributed by atoms with van der Waals surface area (Å²) < 4.78 is 0. The fraction of sp³-hybridized carbons (Fsp3) is 0.444. The molecule has 64 valence electrons. The minimum Gasteiger partial charge on any atom is -0.280 e. The van der Waals surface area contributed by atoms with Gasteiger partial charge in [0.2, 0.25) is 5.24 Å². The Balaban J connectivity index is 2.25. The van der Waals surface area contributed by atoms with Crippen LogP contribution in [0.3, 0.4) is 0 Å². The lowest BCUT2D eigenvalue weighted by Crippen LogP contribution is -2.14. The first kappa shape index (κ1) is 8.39. The van der Waals surface area contributed by atoms with Crippen molar-refractivity contribution < 1.29 is 4.79 Å². The van der Waals surface area contributed by atoms with Crippen LogP contribution < -0.4 is 0 Å². The third-order valence-electron chi connectivity index (χ3n) is 2.29. The van der Waals surface area contributed by atoms with E-state index in [-0.39, 0.29) is 10.5 Å². The first-order valence-electron chi connectivity index (χ1n) is 3.96. The van der Waals surface area contributed by atoms with Gasteiger partial charge >= 0.3 is 0 Å². The van der Waals surface area contributed by atoms with Gasteiger partial charge in [-0.3, -0.25) is 4.79 Å². The number of rotatable bonds is 1. The molecule has 0 N–H and O–H groups in total. The van der Waals surface area contributed by atoms with Gasteiger partial charge < -0.3 is 0 Å². The van der Waals surface area contributed by atoms with E-state index in [1.807, 2.05) is 12.2 Å². The molecule has 0 aromatic carbocycles. The van der Waals surface area contributed by atoms with Crippen LogP contribution in [0, 0.1) is 5.92 Å². The molecule has 0 spiro atoms. The quantitative estimate of drug-likeness (QED) is 0.605. The highest BCUT2D eigenvalue weighted by Gasteiger charge is 2.34. The average molecular weight is 201 g/mol. The summed E-state index contributed by atoms with van der Waals surface area (Å²) >= 11 is 7.15. The minimum atomic E-state index is -0.218. The van der Waals surface area contributed by atoms with Crippen molar-refractivity contribution in [2.24, 2.45) is 5.92 Å². The number of allylic oxidation sites excluding steroid dienone is 3. The summed E-state index contributed by atoms with van der Waals surface area (Å²) in [5.74, 6) is 1.60. The molecule has 1 aliphatic carbocycles. The Bertz CT molecular complexity index is 270. The van der Waals surface area contributed by atoms with Crippen LogP contribution in [0.15, 0.2) is 23.8 Å². The van der Waals surface area contributed by atoms with Gasteiger partial charge in [-0.2, -0.15) is 0 Å². The van der Waals surface area contributed by atoms with Gasteiger partial charge in [-0.15, -0.1) is 11.8 Å². The maximum atomic E-state index is 11.0. The Kier molecular flexibility index (Phi) is 2.28. The molecule has 2 atom stereocenters. The van der Waals surface area contributed by atoms with Crippen molar-refractivity contribution in [2.75, 3.05) is 5.75 Å². The monoisotopic (exact) mass is 200 g/mol. The first-order chi connectivity index (χ1) is 5.79. The Labute approximate surface area is 80.9 Å². The van der Waals surface area contributed by atoms with Gasteiger partial charge in [0.05, 0.1) is 0 Å². The molecule has 12 heavy (non-hydrogen) atoms. The van der Waals surface area contributed by atoms with Crippen molar-refractivity contribution in [3.63, 3.8) is 0 Å². The number of carbonyl (C=O) groups is 1. The van der Waals surface area contributed by atoms with Crippen LogP contribution in [0.25, 0.3) is 0 Å². The van der Waals surface area contributed by atoms with Gasteiger partial charge in [0, 0.05) is 5.75 Å². The summed E-state index contributed by atoms with van der Waals surface area (Å²) in [6.45, 7) is 0. The van der Waals surface area contributed by atoms with E-state index in [2.05, 4.69) is 6.08 Å². The molecule has 0 saturated carbocycles. The Morgan fingerprint density at radius 1 is 1.67 bits per heavy atom. The molecule has 0 aromatic rings. The molecule has 1 saturated heterocycles. The number of halogens is 1. The molecule has 2 aliphatic rings. The van der Waals surface area contributed by atoms with Crippen molar-refractivity contribution in [1.82, 2.24) is 0 Å². The fourth-order valence-corrected chi connectivity index (χ4v) is 3.33. The molecule has 0 bridgehead atoms. The van der Waals surface area contributed by atoms with Crippen LogP contribution >= 0.6 is 23.4 Å². The predicted octanol–water partition coefficient (Wildman–Crippen LogP) is 2.37. The molecular formula is C9H9ClOS. The molecule has 0 aromatic heterocycles. The summed E-state index contributed by atoms with van der Waals surface area (Å²) in [6.07, 6.45) is 7.28. The molecule has 1 fully saturated rings. The van der Waals surface area contributed by atoms with Gasteiger partial charge in [0.1, 0.15) is 5.25 Å². The first-order valence-corrected chi connectivity index (χ1v) is 5.39. The lowest BCUT2D eigenvalue weighted by atomic mass is 9.91. The molecule has 0 amide bonds. The summed E-state index contributed by atoms with van der Waals surface area (Å²) in [7, 11) is 0. The topological polar surface area (TPSA) is 17.1 Å². The number of carbonyl (C=O) groups excluding carboxylic acids is 1. The van der Waals surface area contributed by atoms with E-state index in [9.17, 15) is 4.79 Å². The van der Waals surface area contributed by atoms with E-state index < -0.39 is 0 Å². The van der Waals surface area contributed by atoms with E-state index in [1.54, 1.807) is 11.8 Å². The minimum absolute atomic E-state index is 0.0679. The number of thioether (sulfide) groups is 1. The number of hydrogen-bond acceptors (Lipinski definition) is 2. The van der Waals surface area contributed by atoms with E-state index in [4.69, 9.17) is 11.6 Å². The molecule has 1 aliphatic heterocycles. The van der Waals surface area contributed by atoms with Crippen LogP contribution in [0.1, 0.15) is 6.42 Å². The Morgan fingerprint density at radius 2 is 2.50 bits per heavy atom. The molecule has 2 unspecified atom stereocenters. The standard InChI is InChI=1S/C9H9ClOS/c10-9(11)8-7-4-2-1-3-6(7)5-12-8/h1-2,4,6,8H,3,5H2. The van der Waals surface area contributed by atoms with Gasteiger partial charge in [-0.1, -0.05) is 18.2 Å². The molecule has 1 heterocycles. The third kappa shape index (κ3) is 1.34. The van der Waals surface area contributed by atoms with Crippen LogP contribution in [0.4, 0.5) is 0 Å². The fourth-order valence-electron chi connectivity index (χ4n) is 1.67. The average Bonchev–Trinajstić information content (AvgIpc) is 2.47. The molecule has 2 rings (SSSR count). The van der Waals surface area contributed by atoms with Crippen molar-refractivity contribution >= 4 is 28.6 Å². The van der Waals surface area contributed by atoms with E-state index in [0.717, 1.165) is 12.2 Å². The van der Waals surface area contributed by atoms with E-state index >= 15 is 0 Å². The zero-order valence-corrected chi connectivity index (χ0v) is 8.07. The van der Waals surface area contributed by atoms with Gasteiger partial charge in [0.15, 0.2) is 0 Å². The van der Waals surface area contributed by atoms with Crippen molar-refractivity contribution in [3.8, 4) is 0 Å². The normalized spacial score (nSPS) is 32.9. The number of hydrogen-bond donors (Lipinski definition) is 0. The second-order valence-corrected chi connectivity index (χ2v) is 4.56. The van der Waals surface area contributed by atoms with Crippen LogP contribution in [0.2, 0.25) is 0 Å². The second-order valence-electron chi connectivity index (χ2n) is 3.04. The summed E-state index contributed by atoms with van der Waals surface area (Å²) in [6, 6.07) is 0. The van der Waals surface area contributed by atoms with Gasteiger partial charge in [-0.25, -0.2) is 0 Å². The highest BCUT2D eigenvalue weighted by Crippen LogP contribution is 2.41. The smallest absolute Gasteiger partial charge is 0.238 e. The third-order valence-corrected chi connectivity index (χ3v) is 4.05.